The molecule has 0 aromatic heterocycles. The van der Waals surface area contributed by atoms with Crippen LogP contribution < -0.4 is 11.1 Å². The highest BCUT2D eigenvalue weighted by molar-refractivity contribution is 6.05. The first kappa shape index (κ1) is 32.4. The van der Waals surface area contributed by atoms with Gasteiger partial charge in [-0.15, -0.1) is 0 Å². The molecule has 50 heavy (non-hydrogen) atoms. The molecule has 5 aliphatic heterocycles. The monoisotopic (exact) mass is 674 g/mol. The van der Waals surface area contributed by atoms with Crippen LogP contribution in [0.1, 0.15) is 136 Å². The Hall–Kier alpha value is -3.49. The molecule has 7 aliphatic rings. The van der Waals surface area contributed by atoms with E-state index < -0.39 is 5.91 Å². The first-order valence-corrected chi connectivity index (χ1v) is 19.9. The Bertz CT molecular complexity index is 1610. The summed E-state index contributed by atoms with van der Waals surface area (Å²) in [5.41, 5.74) is 12.8. The number of rotatable bonds is 10. The summed E-state index contributed by atoms with van der Waals surface area (Å²) in [6.45, 7) is 2.87. The molecule has 5 heterocycles. The highest BCUT2D eigenvalue weighted by Crippen LogP contribution is 2.54. The zero-order chi connectivity index (χ0) is 33.8. The minimum Gasteiger partial charge on any atom is -0.364 e. The normalized spacial score (nSPS) is 33.2. The fourth-order valence-corrected chi connectivity index (χ4v) is 11.4. The van der Waals surface area contributed by atoms with Gasteiger partial charge in [0.2, 0.25) is 0 Å². The maximum absolute atomic E-state index is 13.7. The quantitative estimate of drug-likeness (QED) is 0.287. The molecule has 9 rings (SSSR count). The average molecular weight is 675 g/mol. The Balaban J connectivity index is 0.755. The van der Waals surface area contributed by atoms with E-state index in [1.165, 1.54) is 51.6 Å². The highest BCUT2D eigenvalue weighted by atomic mass is 16.2. The summed E-state index contributed by atoms with van der Waals surface area (Å²) in [4.78, 5) is 38.6. The molecule has 0 unspecified atom stereocenters. The van der Waals surface area contributed by atoms with E-state index in [-0.39, 0.29) is 23.7 Å². The van der Waals surface area contributed by atoms with E-state index in [1.54, 1.807) is 28.5 Å². The minimum atomic E-state index is -0.542. The SMILES string of the molecule is NC(=O)C1=C(C(=O)NC2CCC(CCN3[C@@H]4CC[C@H]3c3ccccc34)CC2)N=CCN1C1CCC(CCN2[C@@H]3CC[C@H]2c2ccccc23)CC1. The Morgan fingerprint density at radius 1 is 0.660 bits per heavy atom. The fourth-order valence-electron chi connectivity index (χ4n) is 11.4. The molecular weight excluding hydrogens is 621 g/mol. The lowest BCUT2D eigenvalue weighted by molar-refractivity contribution is -0.120. The van der Waals surface area contributed by atoms with Crippen molar-refractivity contribution in [1.82, 2.24) is 20.0 Å². The van der Waals surface area contributed by atoms with Crippen molar-refractivity contribution >= 4 is 18.0 Å². The van der Waals surface area contributed by atoms with Gasteiger partial charge in [-0.1, -0.05) is 48.5 Å². The van der Waals surface area contributed by atoms with Gasteiger partial charge in [-0.25, -0.2) is 0 Å². The van der Waals surface area contributed by atoms with Crippen molar-refractivity contribution in [2.45, 2.75) is 126 Å². The van der Waals surface area contributed by atoms with Crippen molar-refractivity contribution in [3.63, 3.8) is 0 Å². The molecule has 0 radical (unpaired) electrons. The summed E-state index contributed by atoms with van der Waals surface area (Å²) >= 11 is 0. The highest BCUT2D eigenvalue weighted by Gasteiger charge is 2.45. The van der Waals surface area contributed by atoms with Crippen molar-refractivity contribution in [3.8, 4) is 0 Å². The number of benzene rings is 2. The van der Waals surface area contributed by atoms with Gasteiger partial charge >= 0.3 is 0 Å². The smallest absolute Gasteiger partial charge is 0.272 e. The Labute approximate surface area is 297 Å². The summed E-state index contributed by atoms with van der Waals surface area (Å²) in [7, 11) is 0. The van der Waals surface area contributed by atoms with Gasteiger partial charge in [-0.2, -0.15) is 0 Å². The molecule has 2 aromatic rings. The molecule has 8 nitrogen and oxygen atoms in total. The van der Waals surface area contributed by atoms with Gasteiger partial charge < -0.3 is 16.0 Å². The van der Waals surface area contributed by atoms with Crippen molar-refractivity contribution in [3.05, 3.63) is 82.2 Å². The van der Waals surface area contributed by atoms with Crippen LogP contribution in [0.2, 0.25) is 0 Å². The van der Waals surface area contributed by atoms with Crippen LogP contribution in [0.4, 0.5) is 0 Å². The third-order valence-electron chi connectivity index (χ3n) is 13.9. The van der Waals surface area contributed by atoms with E-state index in [0.717, 1.165) is 51.4 Å². The Morgan fingerprint density at radius 3 is 1.58 bits per heavy atom. The van der Waals surface area contributed by atoms with Crippen LogP contribution in [0.25, 0.3) is 0 Å². The van der Waals surface area contributed by atoms with Crippen LogP contribution >= 0.6 is 0 Å². The molecule has 2 saturated heterocycles. The molecular formula is C42H54N6O2. The van der Waals surface area contributed by atoms with Crippen LogP contribution in [0.5, 0.6) is 0 Å². The molecule has 2 saturated carbocycles. The number of nitrogens with zero attached hydrogens (tertiary/aromatic N) is 4. The predicted octanol–water partition coefficient (Wildman–Crippen LogP) is 6.87. The van der Waals surface area contributed by atoms with E-state index in [2.05, 4.69) is 73.5 Å². The number of fused-ring (bicyclic) bond motifs is 10. The third kappa shape index (κ3) is 5.80. The zero-order valence-electron chi connectivity index (χ0n) is 29.5. The van der Waals surface area contributed by atoms with E-state index in [0.29, 0.717) is 48.2 Å². The topological polar surface area (TPSA) is 94.3 Å². The van der Waals surface area contributed by atoms with Gasteiger partial charge in [-0.05, 0) is 137 Å². The lowest BCUT2D eigenvalue weighted by Gasteiger charge is -2.40. The second-order valence-electron chi connectivity index (χ2n) is 16.4. The number of hydrogen-bond donors (Lipinski definition) is 2. The summed E-state index contributed by atoms with van der Waals surface area (Å²) in [5, 5.41) is 3.26. The molecule has 8 heteroatoms. The molecule has 4 atom stereocenters. The summed E-state index contributed by atoms with van der Waals surface area (Å²) in [6, 6.07) is 20.9. The number of primary amides is 1. The first-order chi connectivity index (χ1) is 24.5. The number of hydrogen-bond acceptors (Lipinski definition) is 6. The lowest BCUT2D eigenvalue weighted by atomic mass is 9.83. The van der Waals surface area contributed by atoms with Gasteiger partial charge in [0.1, 0.15) is 5.70 Å². The fraction of sp³-hybridized carbons (Fsp3) is 0.595. The Kier molecular flexibility index (Phi) is 8.80. The second-order valence-corrected chi connectivity index (χ2v) is 16.4. The maximum atomic E-state index is 13.7. The van der Waals surface area contributed by atoms with E-state index in [9.17, 15) is 9.59 Å². The molecule has 3 N–H and O–H groups in total. The van der Waals surface area contributed by atoms with Crippen LogP contribution in [0, 0.1) is 11.8 Å². The second kappa shape index (κ2) is 13.6. The number of carbonyl (C=O) groups excluding carboxylic acids is 2. The Morgan fingerprint density at radius 2 is 1.12 bits per heavy atom. The van der Waals surface area contributed by atoms with E-state index in [4.69, 9.17) is 5.73 Å². The molecule has 2 aliphatic carbocycles. The van der Waals surface area contributed by atoms with E-state index >= 15 is 0 Å². The van der Waals surface area contributed by atoms with Crippen molar-refractivity contribution in [2.24, 2.45) is 22.6 Å². The third-order valence-corrected chi connectivity index (χ3v) is 13.9. The van der Waals surface area contributed by atoms with Gasteiger partial charge in [-0.3, -0.25) is 24.4 Å². The van der Waals surface area contributed by atoms with Gasteiger partial charge in [0.05, 0.1) is 6.54 Å². The van der Waals surface area contributed by atoms with Crippen molar-refractivity contribution < 1.29 is 9.59 Å². The maximum Gasteiger partial charge on any atom is 0.272 e. The molecule has 2 amide bonds. The molecule has 2 aromatic carbocycles. The standard InChI is InChI=1S/C42H54N6O2/c43-41(49)40-39(42(50)45-29-13-9-27(10-14-29)21-24-47-35-17-18-36(47)32-6-2-1-5-31(32)35)44-23-26-46(40)30-15-11-28(12-16-30)22-25-48-37-19-20-38(48)34-8-4-3-7-33(34)37/h1-8,23,27-30,35-38H,9-22,24-26H2,(H2,43,49)(H,45,50)/t27?,28?,29?,30?,35-,36+,37-,38+. The van der Waals surface area contributed by atoms with Gasteiger partial charge in [0, 0.05) is 42.5 Å². The molecule has 4 fully saturated rings. The van der Waals surface area contributed by atoms with Crippen LogP contribution in [-0.4, -0.2) is 64.4 Å². The first-order valence-electron chi connectivity index (χ1n) is 19.9. The molecule has 264 valence electrons. The lowest BCUT2D eigenvalue weighted by Crippen LogP contribution is -2.47. The zero-order valence-corrected chi connectivity index (χ0v) is 29.5. The minimum absolute atomic E-state index is 0.118. The predicted molar refractivity (Wildman–Crippen MR) is 196 cm³/mol. The van der Waals surface area contributed by atoms with Crippen molar-refractivity contribution in [2.75, 3.05) is 19.6 Å². The van der Waals surface area contributed by atoms with Crippen LogP contribution in [0.3, 0.4) is 0 Å². The average Bonchev–Trinajstić information content (AvgIpc) is 3.92. The molecule has 4 bridgehead atoms. The van der Waals surface area contributed by atoms with Crippen LogP contribution in [0.15, 0.2) is 64.9 Å². The number of carbonyl (C=O) groups is 2. The molecule has 0 spiro atoms. The number of aliphatic imine (C=N–C) groups is 1. The largest absolute Gasteiger partial charge is 0.364 e. The van der Waals surface area contributed by atoms with Crippen molar-refractivity contribution in [1.29, 1.82) is 0 Å². The van der Waals surface area contributed by atoms with E-state index in [1.807, 2.05) is 0 Å². The van der Waals surface area contributed by atoms with Gasteiger partial charge in [0.25, 0.3) is 11.8 Å². The van der Waals surface area contributed by atoms with Crippen LogP contribution in [-0.2, 0) is 9.59 Å². The number of amides is 2. The summed E-state index contributed by atoms with van der Waals surface area (Å²) < 4.78 is 0. The summed E-state index contributed by atoms with van der Waals surface area (Å²) in [5.74, 6) is 0.616. The number of nitrogens with two attached hydrogens (primary N) is 1. The number of nitrogens with one attached hydrogen (secondary N) is 1. The van der Waals surface area contributed by atoms with Gasteiger partial charge in [0.15, 0.2) is 5.70 Å². The summed E-state index contributed by atoms with van der Waals surface area (Å²) in [6.07, 6.45) is 18.0.